The van der Waals surface area contributed by atoms with Gasteiger partial charge in [-0.25, -0.2) is 4.98 Å². The molecule has 0 aliphatic heterocycles. The fourth-order valence-corrected chi connectivity index (χ4v) is 1.82. The van der Waals surface area contributed by atoms with E-state index >= 15 is 0 Å². The molecule has 0 spiro atoms. The van der Waals surface area contributed by atoms with Crippen molar-refractivity contribution in [1.29, 1.82) is 0 Å². The predicted octanol–water partition coefficient (Wildman–Crippen LogP) is 2.85. The highest BCUT2D eigenvalue weighted by Crippen LogP contribution is 2.17. The van der Waals surface area contributed by atoms with Crippen molar-refractivity contribution in [3.8, 4) is 0 Å². The van der Waals surface area contributed by atoms with Crippen LogP contribution in [0.3, 0.4) is 0 Å². The van der Waals surface area contributed by atoms with Crippen molar-refractivity contribution in [3.63, 3.8) is 0 Å². The molecule has 2 rings (SSSR count). The summed E-state index contributed by atoms with van der Waals surface area (Å²) >= 11 is 3.44. The van der Waals surface area contributed by atoms with Gasteiger partial charge in [0.2, 0.25) is 0 Å². The monoisotopic (exact) mass is 294 g/mol. The number of hydrogen-bond donors (Lipinski definition) is 1. The molecule has 0 amide bonds. The first-order chi connectivity index (χ1) is 8.15. The summed E-state index contributed by atoms with van der Waals surface area (Å²) in [6.07, 6.45) is 5.56. The van der Waals surface area contributed by atoms with Crippen LogP contribution in [0.1, 0.15) is 12.5 Å². The van der Waals surface area contributed by atoms with Crippen LogP contribution >= 0.6 is 15.9 Å². The molecule has 0 aliphatic carbocycles. The fraction of sp³-hybridized carbons (Fsp3) is 0.333. The van der Waals surface area contributed by atoms with Crippen LogP contribution < -0.4 is 5.32 Å². The second-order valence-electron chi connectivity index (χ2n) is 4.09. The number of pyridine rings is 1. The van der Waals surface area contributed by atoms with Gasteiger partial charge in [0.15, 0.2) is 0 Å². The Kier molecular flexibility index (Phi) is 3.78. The lowest BCUT2D eigenvalue weighted by molar-refractivity contribution is 0.559. The first-order valence-electron chi connectivity index (χ1n) is 5.51. The number of aryl methyl sites for hydroxylation is 1. The molecular weight excluding hydrogens is 280 g/mol. The van der Waals surface area contributed by atoms with Crippen LogP contribution in [0.5, 0.6) is 0 Å². The minimum Gasteiger partial charge on any atom is -0.366 e. The van der Waals surface area contributed by atoms with Crippen LogP contribution in [0.4, 0.5) is 5.82 Å². The minimum absolute atomic E-state index is 0.281. The Hall–Kier alpha value is -1.36. The molecule has 0 saturated heterocycles. The second kappa shape index (κ2) is 5.31. The maximum atomic E-state index is 4.32. The lowest BCUT2D eigenvalue weighted by Crippen LogP contribution is -2.22. The Bertz CT molecular complexity index is 481. The van der Waals surface area contributed by atoms with E-state index in [0.717, 1.165) is 16.8 Å². The average Bonchev–Trinajstić information content (AvgIpc) is 2.76. The summed E-state index contributed by atoms with van der Waals surface area (Å²) < 4.78 is 2.94. The van der Waals surface area contributed by atoms with Crippen LogP contribution in [0.2, 0.25) is 0 Å². The molecule has 90 valence electrons. The van der Waals surface area contributed by atoms with Crippen LogP contribution in [0.15, 0.2) is 35.2 Å². The van der Waals surface area contributed by atoms with Crippen LogP contribution in [0.25, 0.3) is 0 Å². The largest absolute Gasteiger partial charge is 0.366 e. The van der Waals surface area contributed by atoms with Gasteiger partial charge in [-0.1, -0.05) is 0 Å². The Morgan fingerprint density at radius 1 is 1.53 bits per heavy atom. The molecule has 0 aromatic carbocycles. The van der Waals surface area contributed by atoms with Gasteiger partial charge in [0.1, 0.15) is 5.82 Å². The smallest absolute Gasteiger partial charge is 0.126 e. The third-order valence-electron chi connectivity index (χ3n) is 2.46. The summed E-state index contributed by atoms with van der Waals surface area (Å²) in [5.74, 6) is 0.894. The molecule has 1 unspecified atom stereocenters. The Morgan fingerprint density at radius 2 is 2.35 bits per heavy atom. The quantitative estimate of drug-likeness (QED) is 0.943. The molecular formula is C12H15BrN4. The van der Waals surface area contributed by atoms with Crippen molar-refractivity contribution < 1.29 is 0 Å². The molecule has 0 fully saturated rings. The van der Waals surface area contributed by atoms with Crippen molar-refractivity contribution >= 4 is 21.7 Å². The minimum atomic E-state index is 0.281. The lowest BCUT2D eigenvalue weighted by atomic mass is 10.3. The highest BCUT2D eigenvalue weighted by atomic mass is 79.9. The van der Waals surface area contributed by atoms with Gasteiger partial charge in [0.05, 0.1) is 6.54 Å². The van der Waals surface area contributed by atoms with Gasteiger partial charge in [0.25, 0.3) is 0 Å². The van der Waals surface area contributed by atoms with Gasteiger partial charge < -0.3 is 5.32 Å². The maximum Gasteiger partial charge on any atom is 0.126 e. The molecule has 2 aromatic heterocycles. The molecule has 0 radical (unpaired) electrons. The Balaban J connectivity index is 1.98. The van der Waals surface area contributed by atoms with Crippen molar-refractivity contribution in [2.24, 2.45) is 0 Å². The standard InChI is InChI=1S/C12H15BrN4/c1-9-6-12(14-7-11(9)13)16-10(2)8-17-5-3-4-15-17/h3-7,10H,8H2,1-2H3,(H,14,16). The van der Waals surface area contributed by atoms with Gasteiger partial charge in [-0.3, -0.25) is 4.68 Å². The molecule has 0 aliphatic rings. The number of nitrogens with one attached hydrogen (secondary N) is 1. The van der Waals surface area contributed by atoms with E-state index in [1.165, 1.54) is 5.56 Å². The zero-order chi connectivity index (χ0) is 12.3. The number of nitrogens with zero attached hydrogens (tertiary/aromatic N) is 3. The summed E-state index contributed by atoms with van der Waals surface area (Å²) in [5, 5.41) is 7.53. The van der Waals surface area contributed by atoms with Crippen molar-refractivity contribution in [1.82, 2.24) is 14.8 Å². The molecule has 0 saturated carbocycles. The number of halogens is 1. The summed E-state index contributed by atoms with van der Waals surface area (Å²) in [5.41, 5.74) is 1.17. The van der Waals surface area contributed by atoms with E-state index in [-0.39, 0.29) is 6.04 Å². The normalized spacial score (nSPS) is 12.4. The van der Waals surface area contributed by atoms with Gasteiger partial charge in [0, 0.05) is 29.1 Å². The van der Waals surface area contributed by atoms with Gasteiger partial charge >= 0.3 is 0 Å². The molecule has 17 heavy (non-hydrogen) atoms. The third-order valence-corrected chi connectivity index (χ3v) is 3.29. The number of rotatable bonds is 4. The van der Waals surface area contributed by atoms with E-state index in [1.54, 1.807) is 6.20 Å². The van der Waals surface area contributed by atoms with E-state index in [4.69, 9.17) is 0 Å². The van der Waals surface area contributed by atoms with Gasteiger partial charge in [-0.2, -0.15) is 5.10 Å². The van der Waals surface area contributed by atoms with E-state index in [2.05, 4.69) is 45.2 Å². The van der Waals surface area contributed by atoms with Gasteiger partial charge in [-0.15, -0.1) is 0 Å². The van der Waals surface area contributed by atoms with Gasteiger partial charge in [-0.05, 0) is 47.5 Å². The average molecular weight is 295 g/mol. The van der Waals surface area contributed by atoms with E-state index in [9.17, 15) is 0 Å². The van der Waals surface area contributed by atoms with Crippen LogP contribution in [-0.2, 0) is 6.54 Å². The molecule has 2 aromatic rings. The van der Waals surface area contributed by atoms with Crippen molar-refractivity contribution in [2.45, 2.75) is 26.4 Å². The number of anilines is 1. The topological polar surface area (TPSA) is 42.7 Å². The summed E-state index contributed by atoms with van der Waals surface area (Å²) in [4.78, 5) is 4.32. The van der Waals surface area contributed by atoms with E-state index < -0.39 is 0 Å². The number of aromatic nitrogens is 3. The zero-order valence-corrected chi connectivity index (χ0v) is 11.5. The first kappa shape index (κ1) is 12.1. The van der Waals surface area contributed by atoms with E-state index in [0.29, 0.717) is 0 Å². The van der Waals surface area contributed by atoms with Crippen LogP contribution in [-0.4, -0.2) is 20.8 Å². The molecule has 4 nitrogen and oxygen atoms in total. The van der Waals surface area contributed by atoms with Crippen molar-refractivity contribution in [3.05, 3.63) is 40.8 Å². The second-order valence-corrected chi connectivity index (χ2v) is 4.95. The zero-order valence-electron chi connectivity index (χ0n) is 9.89. The Morgan fingerprint density at radius 3 is 3.00 bits per heavy atom. The molecule has 5 heteroatoms. The van der Waals surface area contributed by atoms with Crippen LogP contribution in [0, 0.1) is 6.92 Å². The Labute approximate surface area is 109 Å². The fourth-order valence-electron chi connectivity index (χ4n) is 1.61. The number of hydrogen-bond acceptors (Lipinski definition) is 3. The maximum absolute atomic E-state index is 4.32. The van der Waals surface area contributed by atoms with Crippen molar-refractivity contribution in [2.75, 3.05) is 5.32 Å². The third kappa shape index (κ3) is 3.30. The highest BCUT2D eigenvalue weighted by molar-refractivity contribution is 9.10. The predicted molar refractivity (Wildman–Crippen MR) is 72.0 cm³/mol. The lowest BCUT2D eigenvalue weighted by Gasteiger charge is -2.15. The molecule has 2 heterocycles. The first-order valence-corrected chi connectivity index (χ1v) is 6.30. The summed E-state index contributed by atoms with van der Waals surface area (Å²) in [6.45, 7) is 4.99. The molecule has 1 atom stereocenters. The van der Waals surface area contributed by atoms with E-state index in [1.807, 2.05) is 29.2 Å². The molecule has 0 bridgehead atoms. The molecule has 1 N–H and O–H groups in total. The highest BCUT2D eigenvalue weighted by Gasteiger charge is 2.05. The summed E-state index contributed by atoms with van der Waals surface area (Å²) in [6, 6.07) is 4.24. The SMILES string of the molecule is Cc1cc(NC(C)Cn2cccn2)ncc1Br. The summed E-state index contributed by atoms with van der Waals surface area (Å²) in [7, 11) is 0.